The van der Waals surface area contributed by atoms with Crippen LogP contribution in [0.2, 0.25) is 0 Å². The molecule has 2 saturated heterocycles. The lowest BCUT2D eigenvalue weighted by Crippen LogP contribution is -2.64. The molecule has 4 heterocycles. The van der Waals surface area contributed by atoms with Crippen LogP contribution in [0.5, 0.6) is 0 Å². The highest BCUT2D eigenvalue weighted by molar-refractivity contribution is 5.80. The van der Waals surface area contributed by atoms with Crippen molar-refractivity contribution in [2.75, 3.05) is 32.7 Å². The van der Waals surface area contributed by atoms with Crippen LogP contribution in [0.4, 0.5) is 0 Å². The molecule has 2 bridgehead atoms. The molecule has 4 rings (SSSR count). The summed E-state index contributed by atoms with van der Waals surface area (Å²) in [6.07, 6.45) is 8.60. The number of aromatic nitrogens is 3. The molecule has 15 N–H and O–H groups in total. The molecule has 452 valence electrons. The van der Waals surface area contributed by atoms with E-state index in [1.54, 1.807) is 63.3 Å². The summed E-state index contributed by atoms with van der Waals surface area (Å²) >= 11 is 0. The fourth-order valence-corrected chi connectivity index (χ4v) is 10.1. The lowest BCUT2D eigenvalue weighted by atomic mass is 9.82. The Morgan fingerprint density at radius 1 is 0.738 bits per heavy atom. The number of ether oxygens (including phenoxy) is 4. The Morgan fingerprint density at radius 3 is 1.95 bits per heavy atom. The van der Waals surface area contributed by atoms with E-state index in [4.69, 9.17) is 30.4 Å². The number of carbonyl (C=O) groups is 2. The first-order valence-corrected chi connectivity index (χ1v) is 28.1. The summed E-state index contributed by atoms with van der Waals surface area (Å²) in [5.41, 5.74) is 11.7. The molecule has 0 radical (unpaired) electrons. The second-order valence-corrected chi connectivity index (χ2v) is 21.4. The number of nitrogens with one attached hydrogen (secondary N) is 1. The Morgan fingerprint density at radius 2 is 1.35 bits per heavy atom. The number of esters is 1. The molecule has 23 heteroatoms. The van der Waals surface area contributed by atoms with Crippen LogP contribution in [0.3, 0.4) is 0 Å². The number of amides is 1. The second kappa shape index (κ2) is 35.6. The highest BCUT2D eigenvalue weighted by Crippen LogP contribution is 2.38. The molecule has 3 aliphatic heterocycles. The number of carbonyl (C=O) groups excluding carboxylic acids is 2. The van der Waals surface area contributed by atoms with E-state index in [1.807, 2.05) is 54.4 Å². The highest BCUT2D eigenvalue weighted by Gasteiger charge is 2.51. The molecular formula is C57H93N7O16. The molecule has 1 unspecified atom stereocenters. The van der Waals surface area contributed by atoms with Crippen LogP contribution >= 0.6 is 0 Å². The van der Waals surface area contributed by atoms with Crippen LogP contribution in [-0.4, -0.2) is 213 Å². The van der Waals surface area contributed by atoms with Gasteiger partial charge in [-0.1, -0.05) is 98.9 Å². The van der Waals surface area contributed by atoms with Gasteiger partial charge in [-0.05, 0) is 72.1 Å². The Balaban J connectivity index is 1.67. The smallest absolute Gasteiger partial charge is 0.308 e. The standard InChI is InChI=1S/C57H93N7O16/c1-37-19-15-13-11-9-7-5-6-8-10-12-14-16-20-44(79-56-54(74)51(53(73)40(4)78-56)63(26-17-23-58)27-18-24-59)32-48-50(55(75)61-25-28-64-36-60-35-62-64)47(70)34-57(76,80-48)33-43(67)30-46(69)45(68)22-21-41(65)29-42(66)31-49(71)77-39(3)38(2)52(37)72/h5-16,19-20,35-48,50-54,56,65-70,72-74,76H,17-18,21-34,58-59H2,1-4H3,(H,61,75)/b6-5+,9-7+,10-8+,13-11+,14-12+,19-15+,20-16+/t37-,38-,39-,40+,41+,42+,43-,44-,45+,46+,47-,48-,50+,51-,52+,53+,54-,56?,57+/m0/s1. The van der Waals surface area contributed by atoms with Gasteiger partial charge in [-0.3, -0.25) is 19.2 Å². The predicted octanol–water partition coefficient (Wildman–Crippen LogP) is 0.0759. The topological polar surface area (TPSA) is 371 Å². The maximum atomic E-state index is 14.1. The Hall–Kier alpha value is -4.38. The van der Waals surface area contributed by atoms with Gasteiger partial charge < -0.3 is 86.8 Å². The lowest BCUT2D eigenvalue weighted by Gasteiger charge is -2.48. The number of hydrogen-bond acceptors (Lipinski definition) is 21. The Bertz CT molecular complexity index is 2140. The first-order valence-electron chi connectivity index (χ1n) is 28.1. The number of cyclic esters (lactones) is 1. The van der Waals surface area contributed by atoms with Gasteiger partial charge in [-0.2, -0.15) is 5.10 Å². The van der Waals surface area contributed by atoms with Crippen molar-refractivity contribution in [1.82, 2.24) is 25.0 Å². The van der Waals surface area contributed by atoms with Gasteiger partial charge in [-0.15, -0.1) is 0 Å². The minimum absolute atomic E-state index is 0.0743. The lowest BCUT2D eigenvalue weighted by molar-refractivity contribution is -0.311. The van der Waals surface area contributed by atoms with E-state index in [-0.39, 0.29) is 44.7 Å². The third kappa shape index (κ3) is 23.1. The van der Waals surface area contributed by atoms with Crippen molar-refractivity contribution in [3.05, 3.63) is 97.7 Å². The number of fused-ring (bicyclic) bond motifs is 2. The molecule has 23 nitrogen and oxygen atoms in total. The maximum absolute atomic E-state index is 14.1. The summed E-state index contributed by atoms with van der Waals surface area (Å²) in [4.78, 5) is 32.7. The van der Waals surface area contributed by atoms with Crippen LogP contribution in [0.15, 0.2) is 97.7 Å². The fourth-order valence-electron chi connectivity index (χ4n) is 10.1. The van der Waals surface area contributed by atoms with Gasteiger partial charge >= 0.3 is 5.97 Å². The molecule has 0 aliphatic carbocycles. The average molecular weight is 1130 g/mol. The number of aliphatic hydroxyl groups excluding tert-OH is 9. The number of allylic oxidation sites excluding steroid dienone is 12. The molecule has 2 fully saturated rings. The number of nitrogens with two attached hydrogens (primary N) is 2. The van der Waals surface area contributed by atoms with E-state index in [9.17, 15) is 60.7 Å². The van der Waals surface area contributed by atoms with E-state index in [0.29, 0.717) is 39.0 Å². The summed E-state index contributed by atoms with van der Waals surface area (Å²) < 4.78 is 26.0. The summed E-state index contributed by atoms with van der Waals surface area (Å²) in [5, 5.41) is 120. The van der Waals surface area contributed by atoms with Crippen molar-refractivity contribution in [3.63, 3.8) is 0 Å². The first kappa shape index (κ1) is 68.1. The zero-order valence-electron chi connectivity index (χ0n) is 46.8. The number of rotatable bonds is 13. The predicted molar refractivity (Wildman–Crippen MR) is 297 cm³/mol. The molecule has 1 amide bonds. The second-order valence-electron chi connectivity index (χ2n) is 21.4. The third-order valence-electron chi connectivity index (χ3n) is 14.8. The SMILES string of the molecule is C[C@@H]1[C@H](O)[C@@H](C)/C=C/C=C/C=C/C=C/C=C/C=C/C=C/[C@H](OC2O[C@H](C)[C@@H](O)[C@H](N(CCCN)CCCN)[C@@H]2O)C[C@@H]2O[C@](O)(C[C@@H](O)C[C@@H](O)[C@H](O)CC[C@@H](O)C[C@@H](O)CC(=O)O[C@H]1C)C[C@H](O)[C@H]2C(=O)NCCn1cncn1. The highest BCUT2D eigenvalue weighted by atomic mass is 16.7. The first-order chi connectivity index (χ1) is 38.2. The minimum Gasteiger partial charge on any atom is -0.462 e. The summed E-state index contributed by atoms with van der Waals surface area (Å²) in [5.74, 6) is -5.76. The van der Waals surface area contributed by atoms with Crippen molar-refractivity contribution >= 4 is 11.9 Å². The van der Waals surface area contributed by atoms with Crippen molar-refractivity contribution in [3.8, 4) is 0 Å². The van der Waals surface area contributed by atoms with Gasteiger partial charge in [-0.25, -0.2) is 4.98 Å². The van der Waals surface area contributed by atoms with Crippen molar-refractivity contribution < 1.29 is 79.6 Å². The maximum Gasteiger partial charge on any atom is 0.308 e. The van der Waals surface area contributed by atoms with Crippen molar-refractivity contribution in [2.24, 2.45) is 29.2 Å². The number of hydrogen-bond donors (Lipinski definition) is 13. The van der Waals surface area contributed by atoms with E-state index >= 15 is 0 Å². The average Bonchev–Trinajstić information content (AvgIpc) is 3.94. The van der Waals surface area contributed by atoms with Crippen molar-refractivity contribution in [1.29, 1.82) is 0 Å². The van der Waals surface area contributed by atoms with Crippen LogP contribution < -0.4 is 16.8 Å². The minimum atomic E-state index is -2.31. The molecule has 19 atom stereocenters. The number of nitrogens with zero attached hydrogens (tertiary/aromatic N) is 4. The fraction of sp³-hybridized carbons (Fsp3) is 0.684. The molecule has 1 aromatic heterocycles. The molecule has 0 spiro atoms. The van der Waals surface area contributed by atoms with Crippen molar-refractivity contribution in [2.45, 2.75) is 196 Å². The van der Waals surface area contributed by atoms with Crippen LogP contribution in [-0.2, 0) is 35.1 Å². The largest absolute Gasteiger partial charge is 0.462 e. The molecule has 1 aromatic rings. The van der Waals surface area contributed by atoms with E-state index in [2.05, 4.69) is 15.4 Å². The summed E-state index contributed by atoms with van der Waals surface area (Å²) in [6, 6.07) is -0.861. The van der Waals surface area contributed by atoms with E-state index in [1.165, 1.54) is 17.3 Å². The van der Waals surface area contributed by atoms with Crippen LogP contribution in [0.25, 0.3) is 0 Å². The Kier molecular flexibility index (Phi) is 30.3. The van der Waals surface area contributed by atoms with E-state index in [0.717, 1.165) is 0 Å². The zero-order chi connectivity index (χ0) is 58.8. The molecular weight excluding hydrogens is 1040 g/mol. The molecule has 0 aromatic carbocycles. The Labute approximate surface area is 470 Å². The van der Waals surface area contributed by atoms with Gasteiger partial charge in [0.25, 0.3) is 0 Å². The van der Waals surface area contributed by atoms with Crippen LogP contribution in [0, 0.1) is 17.8 Å². The van der Waals surface area contributed by atoms with Gasteiger partial charge in [0.2, 0.25) is 5.91 Å². The van der Waals surface area contributed by atoms with E-state index < -0.39 is 147 Å². The monoisotopic (exact) mass is 1130 g/mol. The third-order valence-corrected chi connectivity index (χ3v) is 14.8. The van der Waals surface area contributed by atoms with Gasteiger partial charge in [0, 0.05) is 44.1 Å². The molecule has 0 saturated carbocycles. The van der Waals surface area contributed by atoms with Gasteiger partial charge in [0.1, 0.15) is 24.9 Å². The van der Waals surface area contributed by atoms with Gasteiger partial charge in [0.05, 0.1) is 92.1 Å². The summed E-state index contributed by atoms with van der Waals surface area (Å²) in [7, 11) is 0. The normalized spacial score (nSPS) is 39.2. The van der Waals surface area contributed by atoms with Gasteiger partial charge in [0.15, 0.2) is 12.1 Å². The number of aliphatic hydroxyl groups is 10. The zero-order valence-corrected chi connectivity index (χ0v) is 46.8. The summed E-state index contributed by atoms with van der Waals surface area (Å²) in [6.45, 7) is 8.81. The molecule has 80 heavy (non-hydrogen) atoms. The molecule has 3 aliphatic rings. The quantitative estimate of drug-likeness (QED) is 0.116. The van der Waals surface area contributed by atoms with Crippen LogP contribution in [0.1, 0.15) is 91.9 Å².